The zero-order valence-electron chi connectivity index (χ0n) is 7.26. The third-order valence-electron chi connectivity index (χ3n) is 1.02. The first-order chi connectivity index (χ1) is 5.70. The van der Waals surface area contributed by atoms with Crippen molar-refractivity contribution in [3.63, 3.8) is 0 Å². The lowest BCUT2D eigenvalue weighted by molar-refractivity contribution is -0.118. The SMILES string of the molecule is CCNC(=O)CS/C=C(\C)C#N. The van der Waals surface area contributed by atoms with Crippen molar-refractivity contribution in [2.45, 2.75) is 13.8 Å². The Kier molecular flexibility index (Phi) is 6.21. The molecule has 0 heterocycles. The molecule has 66 valence electrons. The fraction of sp³-hybridized carbons (Fsp3) is 0.500. The number of carbonyl (C=O) groups excluding carboxylic acids is 1. The second kappa shape index (κ2) is 6.74. The van der Waals surface area contributed by atoms with Gasteiger partial charge in [0.15, 0.2) is 0 Å². The molecule has 1 amide bonds. The normalized spacial score (nSPS) is 10.6. The van der Waals surface area contributed by atoms with Gasteiger partial charge in [0.05, 0.1) is 11.8 Å². The van der Waals surface area contributed by atoms with Crippen molar-refractivity contribution in [2.75, 3.05) is 12.3 Å². The van der Waals surface area contributed by atoms with E-state index in [-0.39, 0.29) is 5.91 Å². The van der Waals surface area contributed by atoms with Crippen LogP contribution in [0.15, 0.2) is 11.0 Å². The van der Waals surface area contributed by atoms with Crippen molar-refractivity contribution >= 4 is 17.7 Å². The molecule has 12 heavy (non-hydrogen) atoms. The summed E-state index contributed by atoms with van der Waals surface area (Å²) in [6.45, 7) is 4.24. The molecule has 0 saturated carbocycles. The van der Waals surface area contributed by atoms with Crippen molar-refractivity contribution in [3.8, 4) is 6.07 Å². The van der Waals surface area contributed by atoms with Gasteiger partial charge in [0.25, 0.3) is 0 Å². The van der Waals surface area contributed by atoms with Gasteiger partial charge in [-0.15, -0.1) is 11.8 Å². The molecule has 4 heteroatoms. The van der Waals surface area contributed by atoms with Crippen LogP contribution in [0.5, 0.6) is 0 Å². The van der Waals surface area contributed by atoms with E-state index in [1.807, 2.05) is 13.0 Å². The highest BCUT2D eigenvalue weighted by Crippen LogP contribution is 2.05. The lowest BCUT2D eigenvalue weighted by Crippen LogP contribution is -2.24. The molecule has 0 aliphatic heterocycles. The number of nitrogens with zero attached hydrogens (tertiary/aromatic N) is 1. The number of hydrogen-bond donors (Lipinski definition) is 1. The molecular formula is C8H12N2OS. The number of rotatable bonds is 4. The molecule has 0 bridgehead atoms. The number of hydrogen-bond acceptors (Lipinski definition) is 3. The van der Waals surface area contributed by atoms with Crippen LogP contribution in [-0.4, -0.2) is 18.2 Å². The maximum absolute atomic E-state index is 10.9. The number of allylic oxidation sites excluding steroid dienone is 1. The fourth-order valence-electron chi connectivity index (χ4n) is 0.517. The molecule has 0 unspecified atom stereocenters. The van der Waals surface area contributed by atoms with Crippen molar-refractivity contribution in [2.24, 2.45) is 0 Å². The third kappa shape index (κ3) is 5.81. The van der Waals surface area contributed by atoms with Crippen LogP contribution in [0, 0.1) is 11.3 Å². The Morgan fingerprint density at radius 2 is 2.42 bits per heavy atom. The van der Waals surface area contributed by atoms with Crippen molar-refractivity contribution in [1.29, 1.82) is 5.26 Å². The Bertz CT molecular complexity index is 218. The summed E-state index contributed by atoms with van der Waals surface area (Å²) in [5.74, 6) is 0.386. The molecule has 0 aromatic rings. The topological polar surface area (TPSA) is 52.9 Å². The quantitative estimate of drug-likeness (QED) is 0.670. The van der Waals surface area contributed by atoms with Gasteiger partial charge >= 0.3 is 0 Å². The average Bonchev–Trinajstić information content (AvgIpc) is 2.04. The zero-order valence-corrected chi connectivity index (χ0v) is 8.07. The van der Waals surface area contributed by atoms with Crippen LogP contribution < -0.4 is 5.32 Å². The Balaban J connectivity index is 3.57. The minimum absolute atomic E-state index is 0.00416. The fourth-order valence-corrected chi connectivity index (χ4v) is 1.16. The Morgan fingerprint density at radius 1 is 1.75 bits per heavy atom. The monoisotopic (exact) mass is 184 g/mol. The number of nitriles is 1. The summed E-state index contributed by atoms with van der Waals surface area (Å²) in [5.41, 5.74) is 0.629. The van der Waals surface area contributed by atoms with Gasteiger partial charge in [0, 0.05) is 12.1 Å². The van der Waals surface area contributed by atoms with Gasteiger partial charge in [-0.1, -0.05) is 0 Å². The Morgan fingerprint density at radius 3 is 2.92 bits per heavy atom. The highest BCUT2D eigenvalue weighted by atomic mass is 32.2. The number of amides is 1. The standard InChI is InChI=1S/C8H12N2OS/c1-3-10-8(11)6-12-5-7(2)4-9/h5H,3,6H2,1-2H3,(H,10,11)/b7-5+. The van der Waals surface area contributed by atoms with Crippen molar-refractivity contribution < 1.29 is 4.79 Å². The Labute approximate surface area is 76.8 Å². The predicted molar refractivity (Wildman–Crippen MR) is 50.5 cm³/mol. The molecule has 0 spiro atoms. The minimum Gasteiger partial charge on any atom is -0.356 e. The number of nitrogens with one attached hydrogen (secondary N) is 1. The van der Waals surface area contributed by atoms with Crippen LogP contribution in [0.3, 0.4) is 0 Å². The van der Waals surface area contributed by atoms with E-state index in [2.05, 4.69) is 5.32 Å². The summed E-state index contributed by atoms with van der Waals surface area (Å²) in [7, 11) is 0. The third-order valence-corrected chi connectivity index (χ3v) is 1.97. The van der Waals surface area contributed by atoms with Gasteiger partial charge < -0.3 is 5.32 Å². The van der Waals surface area contributed by atoms with Gasteiger partial charge in [-0.2, -0.15) is 5.26 Å². The molecule has 0 aliphatic carbocycles. The minimum atomic E-state index is 0.00416. The van der Waals surface area contributed by atoms with Gasteiger partial charge in [0.2, 0.25) is 5.91 Å². The van der Waals surface area contributed by atoms with E-state index >= 15 is 0 Å². The molecule has 0 aliphatic rings. The first-order valence-electron chi connectivity index (χ1n) is 3.65. The first kappa shape index (κ1) is 11.1. The maximum Gasteiger partial charge on any atom is 0.230 e. The molecule has 0 fully saturated rings. The van der Waals surface area contributed by atoms with Crippen LogP contribution in [0.2, 0.25) is 0 Å². The molecular weight excluding hydrogens is 172 g/mol. The van der Waals surface area contributed by atoms with E-state index in [1.54, 1.807) is 12.3 Å². The molecule has 0 atom stereocenters. The smallest absolute Gasteiger partial charge is 0.230 e. The summed E-state index contributed by atoms with van der Waals surface area (Å²) in [5, 5.41) is 12.7. The molecule has 0 aromatic carbocycles. The largest absolute Gasteiger partial charge is 0.356 e. The van der Waals surface area contributed by atoms with Crippen molar-refractivity contribution in [1.82, 2.24) is 5.32 Å². The van der Waals surface area contributed by atoms with Gasteiger partial charge in [-0.3, -0.25) is 4.79 Å². The van der Waals surface area contributed by atoms with Crippen molar-refractivity contribution in [3.05, 3.63) is 11.0 Å². The number of carbonyl (C=O) groups is 1. The molecule has 0 rings (SSSR count). The maximum atomic E-state index is 10.9. The highest BCUT2D eigenvalue weighted by Gasteiger charge is 1.96. The summed E-state index contributed by atoms with van der Waals surface area (Å²) in [4.78, 5) is 10.9. The van der Waals surface area contributed by atoms with Crippen LogP contribution in [0.1, 0.15) is 13.8 Å². The summed E-state index contributed by atoms with van der Waals surface area (Å²) in [6, 6.07) is 1.98. The van der Waals surface area contributed by atoms with Crippen LogP contribution in [0.25, 0.3) is 0 Å². The van der Waals surface area contributed by atoms with E-state index in [0.29, 0.717) is 17.9 Å². The van der Waals surface area contributed by atoms with E-state index in [1.165, 1.54) is 11.8 Å². The lowest BCUT2D eigenvalue weighted by atomic mass is 10.4. The predicted octanol–water partition coefficient (Wildman–Crippen LogP) is 1.28. The first-order valence-corrected chi connectivity index (χ1v) is 4.70. The molecule has 0 radical (unpaired) electrons. The zero-order chi connectivity index (χ0) is 9.40. The average molecular weight is 184 g/mol. The highest BCUT2D eigenvalue weighted by molar-refractivity contribution is 8.02. The second-order valence-corrected chi connectivity index (χ2v) is 3.03. The summed E-state index contributed by atoms with van der Waals surface area (Å²) >= 11 is 1.34. The van der Waals surface area contributed by atoms with Gasteiger partial charge in [-0.25, -0.2) is 0 Å². The van der Waals surface area contributed by atoms with Gasteiger partial charge in [0.1, 0.15) is 0 Å². The van der Waals surface area contributed by atoms with Crippen LogP contribution in [0.4, 0.5) is 0 Å². The van der Waals surface area contributed by atoms with E-state index in [9.17, 15) is 4.79 Å². The number of thioether (sulfide) groups is 1. The molecule has 1 N–H and O–H groups in total. The van der Waals surface area contributed by atoms with Crippen LogP contribution in [-0.2, 0) is 4.79 Å². The van der Waals surface area contributed by atoms with Crippen LogP contribution >= 0.6 is 11.8 Å². The Hall–Kier alpha value is -0.950. The van der Waals surface area contributed by atoms with Gasteiger partial charge in [-0.05, 0) is 19.3 Å². The van der Waals surface area contributed by atoms with E-state index in [0.717, 1.165) is 0 Å². The summed E-state index contributed by atoms with van der Waals surface area (Å²) in [6.07, 6.45) is 0. The van der Waals surface area contributed by atoms with E-state index in [4.69, 9.17) is 5.26 Å². The van der Waals surface area contributed by atoms with E-state index < -0.39 is 0 Å². The molecule has 3 nitrogen and oxygen atoms in total. The summed E-state index contributed by atoms with van der Waals surface area (Å²) < 4.78 is 0. The molecule has 0 aromatic heterocycles. The lowest BCUT2D eigenvalue weighted by Gasteiger charge is -1.97. The molecule has 0 saturated heterocycles. The second-order valence-electron chi connectivity index (χ2n) is 2.18.